The second-order valence-electron chi connectivity index (χ2n) is 7.85. The van der Waals surface area contributed by atoms with E-state index in [1.54, 1.807) is 33.2 Å². The Balaban J connectivity index is 2.00. The van der Waals surface area contributed by atoms with Gasteiger partial charge in [0.1, 0.15) is 0 Å². The van der Waals surface area contributed by atoms with Gasteiger partial charge in [-0.25, -0.2) is 9.97 Å². The van der Waals surface area contributed by atoms with Crippen molar-refractivity contribution in [3.05, 3.63) is 18.2 Å². The van der Waals surface area contributed by atoms with Gasteiger partial charge in [-0.15, -0.1) is 0 Å². The summed E-state index contributed by atoms with van der Waals surface area (Å²) in [7, 11) is -0.494. The standard InChI is InChI=1S/C16H25BN2O4/c1-14(2,3)13(20)21-10-12-18-8-11(9-19-12)17-22-15(4,5)16(6,7)23-17/h8-9H,10H2,1-7H3. The summed E-state index contributed by atoms with van der Waals surface area (Å²) in [6.07, 6.45) is 3.30. The summed E-state index contributed by atoms with van der Waals surface area (Å²) in [5.74, 6) is 0.166. The average Bonchev–Trinajstić information content (AvgIpc) is 2.64. The molecule has 0 radical (unpaired) electrons. The molecule has 23 heavy (non-hydrogen) atoms. The Morgan fingerprint density at radius 2 is 1.61 bits per heavy atom. The van der Waals surface area contributed by atoms with Crippen molar-refractivity contribution in [2.45, 2.75) is 66.3 Å². The Morgan fingerprint density at radius 1 is 1.13 bits per heavy atom. The van der Waals surface area contributed by atoms with Gasteiger partial charge in [-0.05, 0) is 48.5 Å². The van der Waals surface area contributed by atoms with Crippen molar-refractivity contribution in [3.63, 3.8) is 0 Å². The van der Waals surface area contributed by atoms with E-state index in [0.29, 0.717) is 5.82 Å². The van der Waals surface area contributed by atoms with Crippen molar-refractivity contribution < 1.29 is 18.8 Å². The molecule has 2 rings (SSSR count). The Kier molecular flexibility index (Phi) is 4.56. The predicted molar refractivity (Wildman–Crippen MR) is 87.0 cm³/mol. The summed E-state index contributed by atoms with van der Waals surface area (Å²) in [5.41, 5.74) is -0.602. The molecule has 0 spiro atoms. The summed E-state index contributed by atoms with van der Waals surface area (Å²) in [6, 6.07) is 0. The minimum Gasteiger partial charge on any atom is -0.457 e. The molecule has 0 amide bonds. The Bertz CT molecular complexity index is 563. The zero-order valence-electron chi connectivity index (χ0n) is 15.0. The molecule has 1 aliphatic heterocycles. The van der Waals surface area contributed by atoms with E-state index in [0.717, 1.165) is 5.46 Å². The van der Waals surface area contributed by atoms with Crippen molar-refractivity contribution in [3.8, 4) is 0 Å². The Labute approximate surface area is 138 Å². The lowest BCUT2D eigenvalue weighted by Crippen LogP contribution is -2.41. The molecule has 6 nitrogen and oxygen atoms in total. The van der Waals surface area contributed by atoms with Crippen molar-refractivity contribution >= 4 is 18.6 Å². The van der Waals surface area contributed by atoms with E-state index in [4.69, 9.17) is 14.0 Å². The minimum absolute atomic E-state index is 0.0553. The summed E-state index contributed by atoms with van der Waals surface area (Å²) in [5, 5.41) is 0. The van der Waals surface area contributed by atoms with Crippen LogP contribution >= 0.6 is 0 Å². The molecule has 0 N–H and O–H groups in total. The van der Waals surface area contributed by atoms with E-state index in [9.17, 15) is 4.79 Å². The molecule has 1 aliphatic rings. The number of hydrogen-bond acceptors (Lipinski definition) is 6. The summed E-state index contributed by atoms with van der Waals surface area (Å²) in [4.78, 5) is 20.2. The van der Waals surface area contributed by atoms with Crippen molar-refractivity contribution in [2.75, 3.05) is 0 Å². The third kappa shape index (κ3) is 3.90. The number of nitrogens with zero attached hydrogens (tertiary/aromatic N) is 2. The van der Waals surface area contributed by atoms with Crippen LogP contribution in [0.25, 0.3) is 0 Å². The van der Waals surface area contributed by atoms with Crippen LogP contribution in [-0.2, 0) is 25.4 Å². The number of hydrogen-bond donors (Lipinski definition) is 0. The van der Waals surface area contributed by atoms with Gasteiger partial charge in [0.25, 0.3) is 0 Å². The van der Waals surface area contributed by atoms with Crippen LogP contribution in [0, 0.1) is 5.41 Å². The van der Waals surface area contributed by atoms with Crippen molar-refractivity contribution in [2.24, 2.45) is 5.41 Å². The third-order valence-corrected chi connectivity index (χ3v) is 4.20. The minimum atomic E-state index is -0.539. The van der Waals surface area contributed by atoms with Gasteiger partial charge in [0.15, 0.2) is 12.4 Å². The molecular weight excluding hydrogens is 295 g/mol. The first-order chi connectivity index (χ1) is 10.4. The predicted octanol–water partition coefficient (Wildman–Crippen LogP) is 1.87. The molecular formula is C16H25BN2O4. The van der Waals surface area contributed by atoms with Crippen LogP contribution in [0.1, 0.15) is 54.3 Å². The molecule has 0 unspecified atom stereocenters. The Hall–Kier alpha value is -1.47. The lowest BCUT2D eigenvalue weighted by atomic mass is 9.81. The average molecular weight is 320 g/mol. The molecule has 1 aromatic heterocycles. The van der Waals surface area contributed by atoms with Gasteiger partial charge in [0, 0.05) is 17.9 Å². The van der Waals surface area contributed by atoms with Gasteiger partial charge in [0.2, 0.25) is 0 Å². The molecule has 1 saturated heterocycles. The molecule has 1 aromatic rings. The highest BCUT2D eigenvalue weighted by Crippen LogP contribution is 2.36. The fraction of sp³-hybridized carbons (Fsp3) is 0.688. The molecule has 0 aliphatic carbocycles. The number of esters is 1. The first-order valence-electron chi connectivity index (χ1n) is 7.76. The monoisotopic (exact) mass is 320 g/mol. The smallest absolute Gasteiger partial charge is 0.457 e. The second-order valence-corrected chi connectivity index (χ2v) is 7.85. The van der Waals surface area contributed by atoms with Crippen LogP contribution < -0.4 is 5.46 Å². The van der Waals surface area contributed by atoms with E-state index in [-0.39, 0.29) is 12.6 Å². The van der Waals surface area contributed by atoms with Crippen LogP contribution in [0.3, 0.4) is 0 Å². The van der Waals surface area contributed by atoms with Crippen LogP contribution in [0.4, 0.5) is 0 Å². The molecule has 2 heterocycles. The lowest BCUT2D eigenvalue weighted by Gasteiger charge is -2.32. The van der Waals surface area contributed by atoms with Crippen LogP contribution in [0.2, 0.25) is 0 Å². The van der Waals surface area contributed by atoms with E-state index in [1.165, 1.54) is 0 Å². The molecule has 7 heteroatoms. The summed E-state index contributed by atoms with van der Waals surface area (Å²) in [6.45, 7) is 13.4. The maximum atomic E-state index is 11.7. The van der Waals surface area contributed by atoms with Gasteiger partial charge in [-0.3, -0.25) is 4.79 Å². The number of rotatable bonds is 3. The number of carbonyl (C=O) groups excluding carboxylic acids is 1. The van der Waals surface area contributed by atoms with E-state index in [1.807, 2.05) is 27.7 Å². The van der Waals surface area contributed by atoms with Gasteiger partial charge in [0.05, 0.1) is 16.6 Å². The van der Waals surface area contributed by atoms with Crippen molar-refractivity contribution in [1.29, 1.82) is 0 Å². The van der Waals surface area contributed by atoms with E-state index < -0.39 is 23.7 Å². The van der Waals surface area contributed by atoms with Gasteiger partial charge >= 0.3 is 13.1 Å². The second kappa shape index (κ2) is 5.87. The zero-order valence-corrected chi connectivity index (χ0v) is 15.0. The number of carbonyl (C=O) groups is 1. The zero-order chi connectivity index (χ0) is 17.5. The number of aromatic nitrogens is 2. The Morgan fingerprint density at radius 3 is 2.04 bits per heavy atom. The first-order valence-corrected chi connectivity index (χ1v) is 7.76. The molecule has 0 aromatic carbocycles. The van der Waals surface area contributed by atoms with Gasteiger partial charge in [-0.2, -0.15) is 0 Å². The molecule has 126 valence electrons. The lowest BCUT2D eigenvalue weighted by molar-refractivity contribution is -0.154. The maximum absolute atomic E-state index is 11.7. The van der Waals surface area contributed by atoms with Gasteiger partial charge < -0.3 is 14.0 Å². The van der Waals surface area contributed by atoms with Gasteiger partial charge in [-0.1, -0.05) is 0 Å². The topological polar surface area (TPSA) is 70.5 Å². The van der Waals surface area contributed by atoms with Crippen LogP contribution in [0.5, 0.6) is 0 Å². The number of ether oxygens (including phenoxy) is 1. The van der Waals surface area contributed by atoms with E-state index >= 15 is 0 Å². The molecule has 0 atom stereocenters. The first kappa shape index (κ1) is 17.9. The highest BCUT2D eigenvalue weighted by molar-refractivity contribution is 6.61. The quantitative estimate of drug-likeness (QED) is 0.625. The summed E-state index contributed by atoms with van der Waals surface area (Å²) >= 11 is 0. The fourth-order valence-corrected chi connectivity index (χ4v) is 1.89. The molecule has 1 fully saturated rings. The fourth-order valence-electron chi connectivity index (χ4n) is 1.89. The highest BCUT2D eigenvalue weighted by Gasteiger charge is 2.51. The van der Waals surface area contributed by atoms with Crippen LogP contribution in [-0.4, -0.2) is 34.3 Å². The molecule has 0 saturated carbocycles. The largest absolute Gasteiger partial charge is 0.498 e. The third-order valence-electron chi connectivity index (χ3n) is 4.20. The summed E-state index contributed by atoms with van der Waals surface area (Å²) < 4.78 is 17.1. The van der Waals surface area contributed by atoms with E-state index in [2.05, 4.69) is 9.97 Å². The van der Waals surface area contributed by atoms with Crippen molar-refractivity contribution in [1.82, 2.24) is 9.97 Å². The highest BCUT2D eigenvalue weighted by atomic mass is 16.7. The normalized spacial score (nSPS) is 19.7. The SMILES string of the molecule is CC(C)(C)C(=O)OCc1ncc(B2OC(C)(C)C(C)(C)O2)cn1. The van der Waals surface area contributed by atoms with Crippen LogP contribution in [0.15, 0.2) is 12.4 Å². The maximum Gasteiger partial charge on any atom is 0.498 e. The molecule has 0 bridgehead atoms.